The van der Waals surface area contributed by atoms with E-state index in [-0.39, 0.29) is 23.2 Å². The predicted molar refractivity (Wildman–Crippen MR) is 81.2 cm³/mol. The van der Waals surface area contributed by atoms with Crippen molar-refractivity contribution in [1.29, 1.82) is 0 Å². The summed E-state index contributed by atoms with van der Waals surface area (Å²) in [6.07, 6.45) is 3.01. The predicted octanol–water partition coefficient (Wildman–Crippen LogP) is 2.91. The lowest BCUT2D eigenvalue weighted by Gasteiger charge is -2.10. The highest BCUT2D eigenvalue weighted by molar-refractivity contribution is 5.49. The lowest BCUT2D eigenvalue weighted by Crippen LogP contribution is -2.23. The van der Waals surface area contributed by atoms with E-state index in [9.17, 15) is 14.9 Å². The van der Waals surface area contributed by atoms with Crippen LogP contribution in [0, 0.1) is 23.0 Å². The van der Waals surface area contributed by atoms with Crippen molar-refractivity contribution in [1.82, 2.24) is 9.55 Å². The molecule has 0 bridgehead atoms. The Hall–Kier alpha value is -2.70. The first-order valence-electron chi connectivity index (χ1n) is 6.87. The molecule has 116 valence electrons. The van der Waals surface area contributed by atoms with Crippen molar-refractivity contribution >= 4 is 5.69 Å². The summed E-state index contributed by atoms with van der Waals surface area (Å²) in [5, 5.41) is 11.0. The molecule has 0 saturated heterocycles. The average Bonchev–Trinajstić information content (AvgIpc) is 2.42. The number of aryl methyl sites for hydroxylation is 1. The first-order chi connectivity index (χ1) is 10.4. The van der Waals surface area contributed by atoms with Gasteiger partial charge in [0, 0.05) is 25.0 Å². The number of aromatic nitrogens is 2. The van der Waals surface area contributed by atoms with E-state index in [0.29, 0.717) is 6.54 Å². The number of ether oxygens (including phenoxy) is 1. The van der Waals surface area contributed by atoms with Gasteiger partial charge in [-0.05, 0) is 24.5 Å². The second kappa shape index (κ2) is 6.38. The maximum Gasteiger partial charge on any atom is 0.313 e. The molecular weight excluding hydrogens is 286 g/mol. The average molecular weight is 303 g/mol. The highest BCUT2D eigenvalue weighted by Crippen LogP contribution is 2.30. The minimum Gasteiger partial charge on any atom is -0.427 e. The van der Waals surface area contributed by atoms with Gasteiger partial charge < -0.3 is 9.30 Å². The normalized spacial score (nSPS) is 10.7. The summed E-state index contributed by atoms with van der Waals surface area (Å²) in [5.41, 5.74) is 0.178. The maximum atomic E-state index is 12.3. The van der Waals surface area contributed by atoms with Crippen LogP contribution in [0.1, 0.15) is 19.4 Å². The van der Waals surface area contributed by atoms with Gasteiger partial charge in [0.2, 0.25) is 5.75 Å². The molecule has 1 aromatic heterocycles. The first kappa shape index (κ1) is 15.7. The zero-order chi connectivity index (χ0) is 16.3. The van der Waals surface area contributed by atoms with Crippen molar-refractivity contribution in [2.75, 3.05) is 0 Å². The number of rotatable bonds is 5. The molecule has 0 aliphatic rings. The zero-order valence-corrected chi connectivity index (χ0v) is 12.6. The van der Waals surface area contributed by atoms with Crippen LogP contribution in [0.15, 0.2) is 35.4 Å². The van der Waals surface area contributed by atoms with E-state index in [1.165, 1.54) is 22.9 Å². The molecule has 0 radical (unpaired) electrons. The fourth-order valence-corrected chi connectivity index (χ4v) is 1.99. The molecule has 7 nitrogen and oxygen atoms in total. The van der Waals surface area contributed by atoms with Gasteiger partial charge in [-0.3, -0.25) is 14.9 Å². The zero-order valence-electron chi connectivity index (χ0n) is 12.6. The van der Waals surface area contributed by atoms with E-state index >= 15 is 0 Å². The van der Waals surface area contributed by atoms with Gasteiger partial charge in [-0.1, -0.05) is 19.9 Å². The smallest absolute Gasteiger partial charge is 0.313 e. The minimum absolute atomic E-state index is 0.0110. The number of nitro benzene ring substituents is 1. The molecule has 0 spiro atoms. The molecule has 2 aromatic rings. The van der Waals surface area contributed by atoms with E-state index in [1.54, 1.807) is 19.2 Å². The molecule has 7 heteroatoms. The van der Waals surface area contributed by atoms with E-state index in [0.717, 1.165) is 5.56 Å². The number of hydrogen-bond acceptors (Lipinski definition) is 5. The van der Waals surface area contributed by atoms with Crippen molar-refractivity contribution in [3.63, 3.8) is 0 Å². The van der Waals surface area contributed by atoms with E-state index in [2.05, 4.69) is 4.98 Å². The molecule has 22 heavy (non-hydrogen) atoms. The third kappa shape index (κ3) is 3.49. The Labute approximate surface area is 127 Å². The minimum atomic E-state index is -0.551. The van der Waals surface area contributed by atoms with Gasteiger partial charge in [0.05, 0.1) is 4.92 Å². The second-order valence-corrected chi connectivity index (χ2v) is 5.41. The topological polar surface area (TPSA) is 87.3 Å². The van der Waals surface area contributed by atoms with Crippen molar-refractivity contribution in [3.05, 3.63) is 56.6 Å². The molecule has 0 unspecified atom stereocenters. The Morgan fingerprint density at radius 1 is 1.41 bits per heavy atom. The molecule has 0 amide bonds. The summed E-state index contributed by atoms with van der Waals surface area (Å²) in [4.78, 5) is 26.7. The second-order valence-electron chi connectivity index (χ2n) is 5.41. The van der Waals surface area contributed by atoms with Crippen LogP contribution in [0.4, 0.5) is 5.69 Å². The largest absolute Gasteiger partial charge is 0.427 e. The maximum absolute atomic E-state index is 12.3. The van der Waals surface area contributed by atoms with Gasteiger partial charge >= 0.3 is 11.2 Å². The van der Waals surface area contributed by atoms with Crippen LogP contribution in [-0.4, -0.2) is 14.5 Å². The third-order valence-corrected chi connectivity index (χ3v) is 2.96. The van der Waals surface area contributed by atoms with Gasteiger partial charge in [-0.25, -0.2) is 4.98 Å². The van der Waals surface area contributed by atoms with Crippen molar-refractivity contribution in [2.24, 2.45) is 5.92 Å². The number of hydrogen-bond donors (Lipinski definition) is 0. The molecule has 0 atom stereocenters. The van der Waals surface area contributed by atoms with Crippen LogP contribution < -0.4 is 10.3 Å². The molecule has 0 fully saturated rings. The SMILES string of the molecule is Cc1ccc([N+](=O)[O-])c(Oc2nccn(CC(C)C)c2=O)c1. The summed E-state index contributed by atoms with van der Waals surface area (Å²) in [6.45, 7) is 6.28. The van der Waals surface area contributed by atoms with E-state index in [1.807, 2.05) is 13.8 Å². The van der Waals surface area contributed by atoms with Crippen molar-refractivity contribution < 1.29 is 9.66 Å². The summed E-state index contributed by atoms with van der Waals surface area (Å²) < 4.78 is 6.90. The Balaban J connectivity index is 2.42. The molecular formula is C15H17N3O4. The van der Waals surface area contributed by atoms with E-state index in [4.69, 9.17) is 4.74 Å². The van der Waals surface area contributed by atoms with Crippen LogP contribution in [0.3, 0.4) is 0 Å². The van der Waals surface area contributed by atoms with Crippen LogP contribution in [-0.2, 0) is 6.54 Å². The highest BCUT2D eigenvalue weighted by atomic mass is 16.6. The molecule has 0 saturated carbocycles. The molecule has 2 rings (SSSR count). The quantitative estimate of drug-likeness (QED) is 0.626. The van der Waals surface area contributed by atoms with Gasteiger partial charge in [-0.15, -0.1) is 0 Å². The van der Waals surface area contributed by atoms with Gasteiger partial charge in [0.1, 0.15) is 0 Å². The summed E-state index contributed by atoms with van der Waals surface area (Å²) in [5.74, 6) is 0.120. The van der Waals surface area contributed by atoms with E-state index < -0.39 is 10.5 Å². The molecule has 1 heterocycles. The summed E-state index contributed by atoms with van der Waals surface area (Å²) in [6, 6.07) is 4.47. The number of nitrogens with zero attached hydrogens (tertiary/aromatic N) is 3. The van der Waals surface area contributed by atoms with Crippen LogP contribution in [0.25, 0.3) is 0 Å². The van der Waals surface area contributed by atoms with Gasteiger partial charge in [0.25, 0.3) is 5.88 Å². The van der Waals surface area contributed by atoms with Crippen LogP contribution in [0.5, 0.6) is 11.6 Å². The van der Waals surface area contributed by atoms with Gasteiger partial charge in [0.15, 0.2) is 0 Å². The monoisotopic (exact) mass is 303 g/mol. The summed E-state index contributed by atoms with van der Waals surface area (Å²) >= 11 is 0. The number of nitro groups is 1. The van der Waals surface area contributed by atoms with Crippen LogP contribution >= 0.6 is 0 Å². The fraction of sp³-hybridized carbons (Fsp3) is 0.333. The molecule has 1 aromatic carbocycles. The summed E-state index contributed by atoms with van der Waals surface area (Å²) in [7, 11) is 0. The van der Waals surface area contributed by atoms with Crippen molar-refractivity contribution in [3.8, 4) is 11.6 Å². The molecule has 0 N–H and O–H groups in total. The molecule has 0 aliphatic carbocycles. The lowest BCUT2D eigenvalue weighted by molar-refractivity contribution is -0.385. The van der Waals surface area contributed by atoms with Crippen molar-refractivity contribution in [2.45, 2.75) is 27.3 Å². The number of benzene rings is 1. The highest BCUT2D eigenvalue weighted by Gasteiger charge is 2.18. The van der Waals surface area contributed by atoms with Gasteiger partial charge in [-0.2, -0.15) is 0 Å². The standard InChI is InChI=1S/C15H17N3O4/c1-10(2)9-17-7-6-16-14(15(17)19)22-13-8-11(3)4-5-12(13)18(20)21/h4-8,10H,9H2,1-3H3. The fourth-order valence-electron chi connectivity index (χ4n) is 1.99. The lowest BCUT2D eigenvalue weighted by atomic mass is 10.2. The molecule has 0 aliphatic heterocycles. The third-order valence-electron chi connectivity index (χ3n) is 2.96. The Bertz CT molecular complexity index is 753. The Morgan fingerprint density at radius 3 is 2.77 bits per heavy atom. The Morgan fingerprint density at radius 2 is 2.14 bits per heavy atom. The van der Waals surface area contributed by atoms with Crippen LogP contribution in [0.2, 0.25) is 0 Å². The Kier molecular flexibility index (Phi) is 4.55. The first-order valence-corrected chi connectivity index (χ1v) is 6.87.